The van der Waals surface area contributed by atoms with Crippen molar-refractivity contribution < 1.29 is 9.53 Å². The maximum atomic E-state index is 12.2. The molecule has 1 atom stereocenters. The van der Waals surface area contributed by atoms with E-state index in [9.17, 15) is 4.79 Å². The molecule has 2 N–H and O–H groups in total. The zero-order chi connectivity index (χ0) is 15.0. The molecular formula is C15H25N3O2. The minimum absolute atomic E-state index is 0.0352. The van der Waals surface area contributed by atoms with Gasteiger partial charge in [-0.05, 0) is 31.9 Å². The number of carbonyl (C=O) groups is 1. The molecule has 0 radical (unpaired) electrons. The lowest BCUT2D eigenvalue weighted by Gasteiger charge is -2.16. The van der Waals surface area contributed by atoms with Crippen LogP contribution in [0.4, 0.5) is 5.82 Å². The molecule has 0 aromatic carbocycles. The van der Waals surface area contributed by atoms with Crippen LogP contribution in [0.25, 0.3) is 0 Å². The Kier molecular flexibility index (Phi) is 7.01. The molecule has 0 spiro atoms. The molecule has 0 bridgehead atoms. The van der Waals surface area contributed by atoms with Gasteiger partial charge >= 0.3 is 0 Å². The molecule has 0 saturated carbocycles. The highest BCUT2D eigenvalue weighted by Crippen LogP contribution is 2.11. The predicted molar refractivity (Wildman–Crippen MR) is 81.2 cm³/mol. The molecule has 5 nitrogen and oxygen atoms in total. The molecule has 5 heteroatoms. The van der Waals surface area contributed by atoms with E-state index < -0.39 is 0 Å². The van der Waals surface area contributed by atoms with Crippen molar-refractivity contribution in [2.75, 3.05) is 25.6 Å². The third kappa shape index (κ3) is 5.17. The topological polar surface area (TPSA) is 63.2 Å². The molecule has 1 aromatic rings. The average molecular weight is 279 g/mol. The summed E-state index contributed by atoms with van der Waals surface area (Å²) in [5, 5.41) is 6.18. The number of rotatable bonds is 8. The second kappa shape index (κ2) is 8.53. The lowest BCUT2D eigenvalue weighted by molar-refractivity contribution is 0.0894. The van der Waals surface area contributed by atoms with Crippen LogP contribution in [0.1, 0.15) is 42.7 Å². The molecule has 20 heavy (non-hydrogen) atoms. The van der Waals surface area contributed by atoms with Crippen molar-refractivity contribution in [2.45, 2.75) is 39.7 Å². The molecule has 1 amide bonds. The van der Waals surface area contributed by atoms with Crippen LogP contribution in [0.5, 0.6) is 0 Å². The number of methoxy groups -OCH3 is 1. The van der Waals surface area contributed by atoms with Crippen molar-refractivity contribution >= 4 is 11.7 Å². The summed E-state index contributed by atoms with van der Waals surface area (Å²) in [5.74, 6) is 0.663. The van der Waals surface area contributed by atoms with E-state index in [1.54, 1.807) is 19.2 Å². The van der Waals surface area contributed by atoms with Gasteiger partial charge in [0, 0.05) is 24.9 Å². The molecule has 1 aromatic heterocycles. The second-order valence-electron chi connectivity index (χ2n) is 4.84. The van der Waals surface area contributed by atoms with Crippen LogP contribution in [-0.4, -0.2) is 37.2 Å². The van der Waals surface area contributed by atoms with Gasteiger partial charge in [-0.3, -0.25) is 4.79 Å². The number of nitrogens with zero attached hydrogens (tertiary/aromatic N) is 1. The zero-order valence-electron chi connectivity index (χ0n) is 12.8. The highest BCUT2D eigenvalue weighted by Gasteiger charge is 2.13. The number of ether oxygens (including phenoxy) is 1. The van der Waals surface area contributed by atoms with Crippen molar-refractivity contribution in [3.63, 3.8) is 0 Å². The van der Waals surface area contributed by atoms with E-state index in [1.807, 2.05) is 13.8 Å². The molecule has 112 valence electrons. The fourth-order valence-corrected chi connectivity index (χ4v) is 1.87. The number of amides is 1. The number of hydrogen-bond acceptors (Lipinski definition) is 4. The van der Waals surface area contributed by atoms with Crippen LogP contribution in [0.3, 0.4) is 0 Å². The third-order valence-corrected chi connectivity index (χ3v) is 2.97. The Morgan fingerprint density at radius 2 is 2.15 bits per heavy atom. The van der Waals surface area contributed by atoms with Gasteiger partial charge in [0.2, 0.25) is 0 Å². The first-order chi connectivity index (χ1) is 9.60. The van der Waals surface area contributed by atoms with E-state index in [2.05, 4.69) is 22.5 Å². The van der Waals surface area contributed by atoms with Gasteiger partial charge in [-0.2, -0.15) is 0 Å². The summed E-state index contributed by atoms with van der Waals surface area (Å²) in [6.45, 7) is 7.37. The van der Waals surface area contributed by atoms with E-state index in [0.29, 0.717) is 12.2 Å². The van der Waals surface area contributed by atoms with Gasteiger partial charge in [-0.25, -0.2) is 4.98 Å². The molecular weight excluding hydrogens is 254 g/mol. The fraction of sp³-hybridized carbons (Fsp3) is 0.600. The molecule has 0 aliphatic carbocycles. The predicted octanol–water partition coefficient (Wildman–Crippen LogP) is 2.37. The van der Waals surface area contributed by atoms with E-state index in [0.717, 1.165) is 30.9 Å². The largest absolute Gasteiger partial charge is 0.383 e. The van der Waals surface area contributed by atoms with E-state index >= 15 is 0 Å². The summed E-state index contributed by atoms with van der Waals surface area (Å²) in [6, 6.07) is 3.62. The van der Waals surface area contributed by atoms with E-state index in [1.165, 1.54) is 0 Å². The quantitative estimate of drug-likeness (QED) is 0.767. The summed E-state index contributed by atoms with van der Waals surface area (Å²) in [6.07, 6.45) is 1.85. The summed E-state index contributed by atoms with van der Waals surface area (Å²) in [7, 11) is 1.64. The first kappa shape index (κ1) is 16.4. The Morgan fingerprint density at radius 1 is 1.40 bits per heavy atom. The number of aryl methyl sites for hydroxylation is 1. The van der Waals surface area contributed by atoms with Crippen LogP contribution in [0.15, 0.2) is 12.1 Å². The van der Waals surface area contributed by atoms with Crippen LogP contribution < -0.4 is 10.6 Å². The monoisotopic (exact) mass is 279 g/mol. The Bertz CT molecular complexity index is 435. The summed E-state index contributed by atoms with van der Waals surface area (Å²) in [4.78, 5) is 16.6. The Hall–Kier alpha value is -1.62. The lowest BCUT2D eigenvalue weighted by Crippen LogP contribution is -2.37. The number of nitrogens with one attached hydrogen (secondary N) is 2. The number of anilines is 1. The van der Waals surface area contributed by atoms with Gasteiger partial charge in [-0.15, -0.1) is 0 Å². The van der Waals surface area contributed by atoms with Crippen LogP contribution in [-0.2, 0) is 4.74 Å². The van der Waals surface area contributed by atoms with Crippen molar-refractivity contribution in [1.82, 2.24) is 10.3 Å². The minimum Gasteiger partial charge on any atom is -0.383 e. The van der Waals surface area contributed by atoms with Crippen LogP contribution in [0, 0.1) is 6.92 Å². The van der Waals surface area contributed by atoms with Gasteiger partial charge in [0.15, 0.2) is 0 Å². The molecule has 1 heterocycles. The van der Waals surface area contributed by atoms with Gasteiger partial charge in [0.05, 0.1) is 12.6 Å². The standard InChI is InChI=1S/C15H25N3O2/c1-5-7-16-14-9-12(8-11(3)17-14)15(19)18-13(6-2)10-20-4/h8-9,13H,5-7,10H2,1-4H3,(H,16,17)(H,18,19). The average Bonchev–Trinajstić information content (AvgIpc) is 2.43. The Morgan fingerprint density at radius 3 is 2.75 bits per heavy atom. The van der Waals surface area contributed by atoms with Gasteiger partial charge < -0.3 is 15.4 Å². The smallest absolute Gasteiger partial charge is 0.251 e. The summed E-state index contributed by atoms with van der Waals surface area (Å²) < 4.78 is 5.09. The Balaban J connectivity index is 2.78. The maximum Gasteiger partial charge on any atom is 0.251 e. The highest BCUT2D eigenvalue weighted by atomic mass is 16.5. The molecule has 0 aliphatic rings. The third-order valence-electron chi connectivity index (χ3n) is 2.97. The molecule has 1 rings (SSSR count). The van der Waals surface area contributed by atoms with Crippen LogP contribution >= 0.6 is 0 Å². The lowest BCUT2D eigenvalue weighted by atomic mass is 10.1. The Labute approximate surface area is 121 Å². The first-order valence-electron chi connectivity index (χ1n) is 7.13. The molecule has 0 fully saturated rings. The molecule has 0 aliphatic heterocycles. The van der Waals surface area contributed by atoms with E-state index in [4.69, 9.17) is 4.74 Å². The molecule has 0 saturated heterocycles. The van der Waals surface area contributed by atoms with Crippen molar-refractivity contribution in [1.29, 1.82) is 0 Å². The number of pyridine rings is 1. The highest BCUT2D eigenvalue weighted by molar-refractivity contribution is 5.95. The molecule has 1 unspecified atom stereocenters. The minimum atomic E-state index is -0.0843. The summed E-state index contributed by atoms with van der Waals surface area (Å²) >= 11 is 0. The van der Waals surface area contributed by atoms with Gasteiger partial charge in [0.1, 0.15) is 5.82 Å². The number of carbonyl (C=O) groups excluding carboxylic acids is 1. The van der Waals surface area contributed by atoms with E-state index in [-0.39, 0.29) is 11.9 Å². The number of hydrogen-bond donors (Lipinski definition) is 2. The van der Waals surface area contributed by atoms with Crippen molar-refractivity contribution in [3.8, 4) is 0 Å². The second-order valence-corrected chi connectivity index (χ2v) is 4.84. The van der Waals surface area contributed by atoms with Gasteiger partial charge in [0.25, 0.3) is 5.91 Å². The number of aromatic nitrogens is 1. The maximum absolute atomic E-state index is 12.2. The first-order valence-corrected chi connectivity index (χ1v) is 7.13. The normalized spacial score (nSPS) is 12.0. The SMILES string of the molecule is CCCNc1cc(C(=O)NC(CC)COC)cc(C)n1. The fourth-order valence-electron chi connectivity index (χ4n) is 1.87. The zero-order valence-corrected chi connectivity index (χ0v) is 12.8. The van der Waals surface area contributed by atoms with Crippen molar-refractivity contribution in [2.24, 2.45) is 0 Å². The summed E-state index contributed by atoms with van der Waals surface area (Å²) in [5.41, 5.74) is 1.46. The van der Waals surface area contributed by atoms with Gasteiger partial charge in [-0.1, -0.05) is 13.8 Å². The van der Waals surface area contributed by atoms with Crippen LogP contribution in [0.2, 0.25) is 0 Å². The van der Waals surface area contributed by atoms with Crippen molar-refractivity contribution in [3.05, 3.63) is 23.4 Å².